The number of phenolic OH excluding ortho intramolecular Hbond substituents is 2. The Labute approximate surface area is 97.4 Å². The van der Waals surface area contributed by atoms with E-state index in [1.165, 1.54) is 18.2 Å². The molecule has 0 fully saturated rings. The maximum atomic E-state index is 10.8. The molecule has 0 unspecified atom stereocenters. The molecule has 0 bridgehead atoms. The van der Waals surface area contributed by atoms with Gasteiger partial charge in [0, 0.05) is 5.56 Å². The van der Waals surface area contributed by atoms with Crippen LogP contribution in [0.4, 0.5) is 0 Å². The molecule has 0 atom stereocenters. The zero-order valence-electron chi connectivity index (χ0n) is 8.79. The molecule has 0 aliphatic rings. The first kappa shape index (κ1) is 11.0. The van der Waals surface area contributed by atoms with E-state index in [-0.39, 0.29) is 17.1 Å². The number of carbonyl (C=O) groups is 1. The van der Waals surface area contributed by atoms with Gasteiger partial charge in [0.25, 0.3) is 0 Å². The SMILES string of the molecule is O=C(O)c1cccc(-c2cccc(O)c2O)c1. The lowest BCUT2D eigenvalue weighted by molar-refractivity contribution is 0.0697. The van der Waals surface area contributed by atoms with Crippen molar-refractivity contribution in [1.29, 1.82) is 0 Å². The number of aromatic carboxylic acids is 1. The highest BCUT2D eigenvalue weighted by Gasteiger charge is 2.10. The highest BCUT2D eigenvalue weighted by atomic mass is 16.4. The molecule has 0 radical (unpaired) electrons. The van der Waals surface area contributed by atoms with Crippen molar-refractivity contribution in [3.63, 3.8) is 0 Å². The van der Waals surface area contributed by atoms with Crippen LogP contribution in [0.3, 0.4) is 0 Å². The minimum absolute atomic E-state index is 0.130. The summed E-state index contributed by atoms with van der Waals surface area (Å²) in [5, 5.41) is 27.9. The second-order valence-corrected chi connectivity index (χ2v) is 3.56. The average Bonchev–Trinajstić information content (AvgIpc) is 2.33. The molecule has 2 aromatic carbocycles. The molecule has 0 aliphatic carbocycles. The molecule has 2 aromatic rings. The number of rotatable bonds is 2. The Balaban J connectivity index is 2.57. The summed E-state index contributed by atoms with van der Waals surface area (Å²) in [5.74, 6) is -1.52. The van der Waals surface area contributed by atoms with E-state index in [1.807, 2.05) is 0 Å². The number of benzene rings is 2. The van der Waals surface area contributed by atoms with E-state index in [2.05, 4.69) is 0 Å². The van der Waals surface area contributed by atoms with Crippen LogP contribution in [0.5, 0.6) is 11.5 Å². The van der Waals surface area contributed by atoms with Gasteiger partial charge in [-0.2, -0.15) is 0 Å². The number of aromatic hydroxyl groups is 2. The van der Waals surface area contributed by atoms with Crippen LogP contribution in [-0.2, 0) is 0 Å². The van der Waals surface area contributed by atoms with Gasteiger partial charge in [0.05, 0.1) is 5.56 Å². The Bertz CT molecular complexity index is 575. The number of phenols is 2. The molecule has 0 aromatic heterocycles. The van der Waals surface area contributed by atoms with Crippen molar-refractivity contribution in [2.45, 2.75) is 0 Å². The zero-order valence-corrected chi connectivity index (χ0v) is 8.79. The van der Waals surface area contributed by atoms with Gasteiger partial charge in [0.15, 0.2) is 11.5 Å². The van der Waals surface area contributed by atoms with Gasteiger partial charge < -0.3 is 15.3 Å². The fourth-order valence-electron chi connectivity index (χ4n) is 1.58. The van der Waals surface area contributed by atoms with Gasteiger partial charge in [-0.15, -0.1) is 0 Å². The van der Waals surface area contributed by atoms with Crippen LogP contribution in [0.2, 0.25) is 0 Å². The predicted octanol–water partition coefficient (Wildman–Crippen LogP) is 2.46. The molecule has 0 amide bonds. The van der Waals surface area contributed by atoms with Crippen LogP contribution < -0.4 is 0 Å². The van der Waals surface area contributed by atoms with E-state index >= 15 is 0 Å². The Kier molecular flexibility index (Phi) is 2.70. The maximum Gasteiger partial charge on any atom is 0.335 e. The van der Waals surface area contributed by atoms with Crippen LogP contribution in [-0.4, -0.2) is 21.3 Å². The molecule has 86 valence electrons. The highest BCUT2D eigenvalue weighted by Crippen LogP contribution is 2.36. The summed E-state index contributed by atoms with van der Waals surface area (Å²) < 4.78 is 0. The summed E-state index contributed by atoms with van der Waals surface area (Å²) in [6.07, 6.45) is 0. The van der Waals surface area contributed by atoms with Gasteiger partial charge in [-0.05, 0) is 23.8 Å². The zero-order chi connectivity index (χ0) is 12.4. The second kappa shape index (κ2) is 4.17. The van der Waals surface area contributed by atoms with Crippen LogP contribution >= 0.6 is 0 Å². The Morgan fingerprint density at radius 3 is 2.41 bits per heavy atom. The third-order valence-corrected chi connectivity index (χ3v) is 2.44. The quantitative estimate of drug-likeness (QED) is 0.692. The Morgan fingerprint density at radius 2 is 1.71 bits per heavy atom. The Hall–Kier alpha value is -2.49. The van der Waals surface area contributed by atoms with Crippen molar-refractivity contribution in [2.75, 3.05) is 0 Å². The van der Waals surface area contributed by atoms with E-state index < -0.39 is 5.97 Å². The van der Waals surface area contributed by atoms with E-state index in [9.17, 15) is 15.0 Å². The minimum Gasteiger partial charge on any atom is -0.504 e. The number of carboxylic acids is 1. The number of carboxylic acid groups (broad SMARTS) is 1. The van der Waals surface area contributed by atoms with E-state index in [4.69, 9.17) is 5.11 Å². The first-order chi connectivity index (χ1) is 8.09. The lowest BCUT2D eigenvalue weighted by Crippen LogP contribution is -1.95. The molecule has 17 heavy (non-hydrogen) atoms. The fourth-order valence-corrected chi connectivity index (χ4v) is 1.58. The molecule has 4 nitrogen and oxygen atoms in total. The van der Waals surface area contributed by atoms with Crippen LogP contribution in [0.25, 0.3) is 11.1 Å². The molecular formula is C13H10O4. The van der Waals surface area contributed by atoms with Crippen molar-refractivity contribution in [1.82, 2.24) is 0 Å². The van der Waals surface area contributed by atoms with Crippen LogP contribution in [0, 0.1) is 0 Å². The van der Waals surface area contributed by atoms with Gasteiger partial charge in [-0.3, -0.25) is 0 Å². The topological polar surface area (TPSA) is 77.8 Å². The molecule has 0 saturated carbocycles. The van der Waals surface area contributed by atoms with Gasteiger partial charge in [0.1, 0.15) is 0 Å². The van der Waals surface area contributed by atoms with Gasteiger partial charge in [-0.25, -0.2) is 4.79 Å². The largest absolute Gasteiger partial charge is 0.504 e. The molecule has 0 spiro atoms. The first-order valence-corrected chi connectivity index (χ1v) is 4.94. The van der Waals surface area contributed by atoms with Crippen molar-refractivity contribution in [2.24, 2.45) is 0 Å². The van der Waals surface area contributed by atoms with Gasteiger partial charge in [-0.1, -0.05) is 24.3 Å². The van der Waals surface area contributed by atoms with E-state index in [1.54, 1.807) is 24.3 Å². The van der Waals surface area contributed by atoms with Crippen molar-refractivity contribution in [3.8, 4) is 22.6 Å². The van der Waals surface area contributed by atoms with Crippen LogP contribution in [0.15, 0.2) is 42.5 Å². The normalized spacial score (nSPS) is 10.1. The summed E-state index contributed by atoms with van der Waals surface area (Å²) in [4.78, 5) is 10.8. The maximum absolute atomic E-state index is 10.8. The first-order valence-electron chi connectivity index (χ1n) is 4.94. The third kappa shape index (κ3) is 2.06. The van der Waals surface area contributed by atoms with Crippen molar-refractivity contribution < 1.29 is 20.1 Å². The molecule has 3 N–H and O–H groups in total. The van der Waals surface area contributed by atoms with Crippen LogP contribution in [0.1, 0.15) is 10.4 Å². The fraction of sp³-hybridized carbons (Fsp3) is 0. The summed E-state index contributed by atoms with van der Waals surface area (Å²) >= 11 is 0. The summed E-state index contributed by atoms with van der Waals surface area (Å²) in [6, 6.07) is 10.7. The standard InChI is InChI=1S/C13H10O4/c14-11-6-2-5-10(12(11)15)8-3-1-4-9(7-8)13(16)17/h1-7,14-15H,(H,16,17). The molecule has 0 aliphatic heterocycles. The lowest BCUT2D eigenvalue weighted by Gasteiger charge is -2.06. The summed E-state index contributed by atoms with van der Waals surface area (Å²) in [5.41, 5.74) is 1.07. The predicted molar refractivity (Wildman–Crippen MR) is 62.2 cm³/mol. The Morgan fingerprint density at radius 1 is 1.00 bits per heavy atom. The number of para-hydroxylation sites is 1. The summed E-state index contributed by atoms with van der Waals surface area (Å²) in [6.45, 7) is 0. The number of hydrogen-bond acceptors (Lipinski definition) is 3. The second-order valence-electron chi connectivity index (χ2n) is 3.56. The summed E-state index contributed by atoms with van der Waals surface area (Å²) in [7, 11) is 0. The van der Waals surface area contributed by atoms with E-state index in [0.29, 0.717) is 11.1 Å². The van der Waals surface area contributed by atoms with Crippen molar-refractivity contribution >= 4 is 5.97 Å². The monoisotopic (exact) mass is 230 g/mol. The molecule has 2 rings (SSSR count). The third-order valence-electron chi connectivity index (χ3n) is 2.44. The van der Waals surface area contributed by atoms with Gasteiger partial charge >= 0.3 is 5.97 Å². The smallest absolute Gasteiger partial charge is 0.335 e. The van der Waals surface area contributed by atoms with Crippen molar-refractivity contribution in [3.05, 3.63) is 48.0 Å². The molecular weight excluding hydrogens is 220 g/mol. The highest BCUT2D eigenvalue weighted by molar-refractivity contribution is 5.90. The van der Waals surface area contributed by atoms with E-state index in [0.717, 1.165) is 0 Å². The molecule has 4 heteroatoms. The molecule has 0 saturated heterocycles. The number of hydrogen-bond donors (Lipinski definition) is 3. The average molecular weight is 230 g/mol. The molecule has 0 heterocycles. The lowest BCUT2D eigenvalue weighted by atomic mass is 10.0. The van der Waals surface area contributed by atoms with Gasteiger partial charge in [0.2, 0.25) is 0 Å². The minimum atomic E-state index is -1.04.